The van der Waals surface area contributed by atoms with Gasteiger partial charge in [-0.1, -0.05) is 30.3 Å². The Kier molecular flexibility index (Phi) is 5.12. The number of benzene rings is 1. The largest absolute Gasteiger partial charge is 0.328 e. The third-order valence-corrected chi connectivity index (χ3v) is 5.37. The van der Waals surface area contributed by atoms with Gasteiger partial charge in [0.2, 0.25) is 0 Å². The first-order chi connectivity index (χ1) is 12.8. The second kappa shape index (κ2) is 7.83. The van der Waals surface area contributed by atoms with Gasteiger partial charge in [0.1, 0.15) is 5.82 Å². The SMILES string of the molecule is Cc1cnc(-c2cccnc2)n1CC1CCN(Cc2ccccc2)CC1. The molecule has 0 radical (unpaired) electrons. The first-order valence-corrected chi connectivity index (χ1v) is 9.48. The Morgan fingerprint density at radius 3 is 2.54 bits per heavy atom. The summed E-state index contributed by atoms with van der Waals surface area (Å²) >= 11 is 0. The summed E-state index contributed by atoms with van der Waals surface area (Å²) in [6.07, 6.45) is 8.19. The predicted octanol–water partition coefficient (Wildman–Crippen LogP) is 4.17. The van der Waals surface area contributed by atoms with E-state index >= 15 is 0 Å². The van der Waals surface area contributed by atoms with Gasteiger partial charge >= 0.3 is 0 Å². The van der Waals surface area contributed by atoms with Crippen LogP contribution in [0.15, 0.2) is 61.1 Å². The molecule has 0 bridgehead atoms. The molecule has 4 rings (SSSR count). The second-order valence-electron chi connectivity index (χ2n) is 7.28. The molecule has 4 heteroatoms. The minimum Gasteiger partial charge on any atom is -0.328 e. The van der Waals surface area contributed by atoms with Crippen molar-refractivity contribution in [1.29, 1.82) is 0 Å². The molecule has 0 N–H and O–H groups in total. The number of piperidine rings is 1. The van der Waals surface area contributed by atoms with E-state index in [1.807, 2.05) is 24.7 Å². The van der Waals surface area contributed by atoms with Gasteiger partial charge in [-0.3, -0.25) is 9.88 Å². The molecule has 0 unspecified atom stereocenters. The van der Waals surface area contributed by atoms with Crippen LogP contribution in [-0.4, -0.2) is 32.5 Å². The van der Waals surface area contributed by atoms with Gasteiger partial charge in [0.15, 0.2) is 0 Å². The van der Waals surface area contributed by atoms with E-state index in [0.29, 0.717) is 5.92 Å². The van der Waals surface area contributed by atoms with Crippen LogP contribution in [0, 0.1) is 12.8 Å². The fourth-order valence-corrected chi connectivity index (χ4v) is 3.84. The van der Waals surface area contributed by atoms with Crippen molar-refractivity contribution < 1.29 is 0 Å². The van der Waals surface area contributed by atoms with Crippen LogP contribution in [0.4, 0.5) is 0 Å². The maximum atomic E-state index is 4.63. The summed E-state index contributed by atoms with van der Waals surface area (Å²) in [6.45, 7) is 6.62. The van der Waals surface area contributed by atoms with Crippen LogP contribution in [0.5, 0.6) is 0 Å². The first-order valence-electron chi connectivity index (χ1n) is 9.48. The quantitative estimate of drug-likeness (QED) is 0.695. The second-order valence-corrected chi connectivity index (χ2v) is 7.28. The molecule has 0 atom stereocenters. The molecule has 0 spiro atoms. The van der Waals surface area contributed by atoms with E-state index in [-0.39, 0.29) is 0 Å². The standard InChI is InChI=1S/C22H26N4/c1-18-14-24-22(21-8-5-11-23-15-21)26(18)17-20-9-12-25(13-10-20)16-19-6-3-2-4-7-19/h2-8,11,14-15,20H,9-10,12-13,16-17H2,1H3. The number of pyridine rings is 1. The van der Waals surface area contributed by atoms with Crippen LogP contribution < -0.4 is 0 Å². The van der Waals surface area contributed by atoms with Gasteiger partial charge in [-0.2, -0.15) is 0 Å². The minimum absolute atomic E-state index is 0.713. The van der Waals surface area contributed by atoms with Crippen LogP contribution >= 0.6 is 0 Å². The summed E-state index contributed by atoms with van der Waals surface area (Å²) < 4.78 is 2.37. The zero-order valence-electron chi connectivity index (χ0n) is 15.4. The van der Waals surface area contributed by atoms with Crippen molar-refractivity contribution in [2.75, 3.05) is 13.1 Å². The average Bonchev–Trinajstić information content (AvgIpc) is 3.05. The molecule has 2 aromatic heterocycles. The van der Waals surface area contributed by atoms with E-state index in [0.717, 1.165) is 24.5 Å². The summed E-state index contributed by atoms with van der Waals surface area (Å²) in [4.78, 5) is 11.5. The van der Waals surface area contributed by atoms with Crippen molar-refractivity contribution in [2.24, 2.45) is 5.92 Å². The maximum Gasteiger partial charge on any atom is 0.141 e. The molecule has 0 amide bonds. The van der Waals surface area contributed by atoms with Crippen molar-refractivity contribution in [3.63, 3.8) is 0 Å². The monoisotopic (exact) mass is 346 g/mol. The maximum absolute atomic E-state index is 4.63. The Morgan fingerprint density at radius 2 is 1.81 bits per heavy atom. The molecule has 0 saturated carbocycles. The summed E-state index contributed by atoms with van der Waals surface area (Å²) in [5.74, 6) is 1.76. The van der Waals surface area contributed by atoms with Crippen molar-refractivity contribution in [2.45, 2.75) is 32.9 Å². The Labute approximate surface area is 155 Å². The number of imidazole rings is 1. The summed E-state index contributed by atoms with van der Waals surface area (Å²) in [6, 6.07) is 14.9. The normalized spacial score (nSPS) is 16.0. The topological polar surface area (TPSA) is 34.0 Å². The molecule has 3 heterocycles. The number of nitrogens with zero attached hydrogens (tertiary/aromatic N) is 4. The zero-order chi connectivity index (χ0) is 17.8. The van der Waals surface area contributed by atoms with Gasteiger partial charge in [-0.25, -0.2) is 4.98 Å². The van der Waals surface area contributed by atoms with E-state index in [4.69, 9.17) is 0 Å². The van der Waals surface area contributed by atoms with Crippen molar-refractivity contribution >= 4 is 0 Å². The van der Waals surface area contributed by atoms with E-state index < -0.39 is 0 Å². The Bertz CT molecular complexity index is 818. The first kappa shape index (κ1) is 17.0. The number of hydrogen-bond donors (Lipinski definition) is 0. The number of aromatic nitrogens is 3. The highest BCUT2D eigenvalue weighted by Gasteiger charge is 2.21. The fraction of sp³-hybridized carbons (Fsp3) is 0.364. The Hall–Kier alpha value is -2.46. The van der Waals surface area contributed by atoms with Gasteiger partial charge in [0.25, 0.3) is 0 Å². The minimum atomic E-state index is 0.713. The smallest absolute Gasteiger partial charge is 0.141 e. The molecule has 1 fully saturated rings. The van der Waals surface area contributed by atoms with Crippen molar-refractivity contribution in [3.8, 4) is 11.4 Å². The average molecular weight is 346 g/mol. The van der Waals surface area contributed by atoms with Crippen molar-refractivity contribution in [3.05, 3.63) is 72.3 Å². The van der Waals surface area contributed by atoms with Gasteiger partial charge in [0.05, 0.1) is 0 Å². The van der Waals surface area contributed by atoms with Crippen LogP contribution in [0.25, 0.3) is 11.4 Å². The summed E-state index contributed by atoms with van der Waals surface area (Å²) in [5.41, 5.74) is 3.74. The fourth-order valence-electron chi connectivity index (χ4n) is 3.84. The number of rotatable bonds is 5. The molecule has 26 heavy (non-hydrogen) atoms. The van der Waals surface area contributed by atoms with Crippen LogP contribution in [0.3, 0.4) is 0 Å². The van der Waals surface area contributed by atoms with E-state index in [2.05, 4.69) is 62.8 Å². The summed E-state index contributed by atoms with van der Waals surface area (Å²) in [5, 5.41) is 0. The molecule has 134 valence electrons. The molecule has 0 aliphatic carbocycles. The molecule has 1 saturated heterocycles. The highest BCUT2D eigenvalue weighted by molar-refractivity contribution is 5.54. The van der Waals surface area contributed by atoms with Crippen molar-refractivity contribution in [1.82, 2.24) is 19.4 Å². The highest BCUT2D eigenvalue weighted by Crippen LogP contribution is 2.25. The molecule has 4 nitrogen and oxygen atoms in total. The number of likely N-dealkylation sites (tertiary alicyclic amines) is 1. The molecular weight excluding hydrogens is 320 g/mol. The lowest BCUT2D eigenvalue weighted by molar-refractivity contribution is 0.167. The van der Waals surface area contributed by atoms with E-state index in [9.17, 15) is 0 Å². The van der Waals surface area contributed by atoms with Gasteiger partial charge in [-0.15, -0.1) is 0 Å². The zero-order valence-corrected chi connectivity index (χ0v) is 15.4. The van der Waals surface area contributed by atoms with Gasteiger partial charge < -0.3 is 4.57 Å². The van der Waals surface area contributed by atoms with E-state index in [1.54, 1.807) is 0 Å². The van der Waals surface area contributed by atoms with Gasteiger partial charge in [-0.05, 0) is 56.5 Å². The predicted molar refractivity (Wildman–Crippen MR) is 105 cm³/mol. The molecule has 1 aromatic carbocycles. The molecular formula is C22H26N4. The van der Waals surface area contributed by atoms with Gasteiger partial charge in [0, 0.05) is 42.9 Å². The lowest BCUT2D eigenvalue weighted by atomic mass is 9.96. The third kappa shape index (κ3) is 3.86. The lowest BCUT2D eigenvalue weighted by Gasteiger charge is -2.32. The Morgan fingerprint density at radius 1 is 1.00 bits per heavy atom. The number of hydrogen-bond acceptors (Lipinski definition) is 3. The van der Waals surface area contributed by atoms with Crippen LogP contribution in [0.2, 0.25) is 0 Å². The third-order valence-electron chi connectivity index (χ3n) is 5.37. The highest BCUT2D eigenvalue weighted by atomic mass is 15.1. The molecule has 3 aromatic rings. The number of aryl methyl sites for hydroxylation is 1. The summed E-state index contributed by atoms with van der Waals surface area (Å²) in [7, 11) is 0. The van der Waals surface area contributed by atoms with Crippen LogP contribution in [0.1, 0.15) is 24.1 Å². The van der Waals surface area contributed by atoms with E-state index in [1.165, 1.54) is 37.2 Å². The molecule has 1 aliphatic heterocycles. The Balaban J connectivity index is 1.39. The molecule has 1 aliphatic rings. The lowest BCUT2D eigenvalue weighted by Crippen LogP contribution is -2.34. The van der Waals surface area contributed by atoms with Crippen LogP contribution in [-0.2, 0) is 13.1 Å².